The van der Waals surface area contributed by atoms with Crippen molar-refractivity contribution in [3.05, 3.63) is 74.7 Å². The SMILES string of the molecule is CCc1nc2ccc(C3CCN(S(C)(=O)=O)CC3)cn2c1N(C)c1nc(-c2ccc(F)cc2)c(CC(=O)[N+](=O)[O-])s1. The van der Waals surface area contributed by atoms with Crippen LogP contribution in [-0.2, 0) is 27.7 Å². The molecule has 4 heterocycles. The molecular weight excluding hydrogens is 571 g/mol. The van der Waals surface area contributed by atoms with Crippen LogP contribution in [0.2, 0.25) is 0 Å². The molecule has 0 bridgehead atoms. The van der Waals surface area contributed by atoms with Crippen molar-refractivity contribution in [2.75, 3.05) is 31.3 Å². The summed E-state index contributed by atoms with van der Waals surface area (Å²) in [5, 5.41) is 11.6. The van der Waals surface area contributed by atoms with Crippen molar-refractivity contribution in [2.45, 2.75) is 38.5 Å². The quantitative estimate of drug-likeness (QED) is 0.215. The lowest BCUT2D eigenvalue weighted by Crippen LogP contribution is -2.37. The Labute approximate surface area is 240 Å². The number of anilines is 2. The largest absolute Gasteiger partial charge is 0.449 e. The van der Waals surface area contributed by atoms with Crippen LogP contribution >= 0.6 is 11.3 Å². The van der Waals surface area contributed by atoms with Crippen molar-refractivity contribution >= 4 is 43.9 Å². The molecule has 0 atom stereocenters. The minimum Gasteiger partial charge on any atom is -0.305 e. The molecule has 0 radical (unpaired) electrons. The molecule has 3 aromatic heterocycles. The molecule has 0 unspecified atom stereocenters. The van der Waals surface area contributed by atoms with E-state index in [9.17, 15) is 27.7 Å². The fourth-order valence-electron chi connectivity index (χ4n) is 5.18. The molecule has 14 heteroatoms. The third kappa shape index (κ3) is 5.85. The van der Waals surface area contributed by atoms with Crippen LogP contribution in [0.15, 0.2) is 42.6 Å². The third-order valence-electron chi connectivity index (χ3n) is 7.34. The Morgan fingerprint density at radius 1 is 1.17 bits per heavy atom. The number of carbonyl (C=O) groups excluding carboxylic acids is 1. The molecule has 0 spiro atoms. The van der Waals surface area contributed by atoms with Gasteiger partial charge in [-0.25, -0.2) is 31.9 Å². The van der Waals surface area contributed by atoms with Gasteiger partial charge in [0.15, 0.2) is 5.13 Å². The summed E-state index contributed by atoms with van der Waals surface area (Å²) in [7, 11) is -1.40. The van der Waals surface area contributed by atoms with E-state index in [1.807, 2.05) is 41.6 Å². The van der Waals surface area contributed by atoms with Gasteiger partial charge in [-0.15, -0.1) is 11.3 Å². The predicted molar refractivity (Wildman–Crippen MR) is 154 cm³/mol. The highest BCUT2D eigenvalue weighted by Gasteiger charge is 2.28. The summed E-state index contributed by atoms with van der Waals surface area (Å²) in [6, 6.07) is 9.59. The van der Waals surface area contributed by atoms with Crippen molar-refractivity contribution in [2.24, 2.45) is 0 Å². The Morgan fingerprint density at radius 2 is 1.85 bits per heavy atom. The summed E-state index contributed by atoms with van der Waals surface area (Å²) in [5.74, 6) is -0.626. The van der Waals surface area contributed by atoms with Crippen molar-refractivity contribution < 1.29 is 22.5 Å². The van der Waals surface area contributed by atoms with E-state index >= 15 is 0 Å². The Hall–Kier alpha value is -3.75. The number of hydrogen-bond acceptors (Lipinski definition) is 9. The number of nitrogens with zero attached hydrogens (tertiary/aromatic N) is 6. The highest BCUT2D eigenvalue weighted by molar-refractivity contribution is 7.88. The Morgan fingerprint density at radius 3 is 2.46 bits per heavy atom. The van der Waals surface area contributed by atoms with Crippen LogP contribution in [-0.4, -0.2) is 64.3 Å². The van der Waals surface area contributed by atoms with Gasteiger partial charge in [-0.2, -0.15) is 0 Å². The van der Waals surface area contributed by atoms with Gasteiger partial charge in [0.05, 0.1) is 17.6 Å². The van der Waals surface area contributed by atoms with Gasteiger partial charge >= 0.3 is 5.91 Å². The number of piperidine rings is 1. The van der Waals surface area contributed by atoms with Gasteiger partial charge in [-0.3, -0.25) is 14.5 Å². The van der Waals surface area contributed by atoms with Crippen LogP contribution in [0.5, 0.6) is 0 Å². The predicted octanol–water partition coefficient (Wildman–Crippen LogP) is 4.41. The molecule has 0 aliphatic carbocycles. The van der Waals surface area contributed by atoms with Crippen LogP contribution in [0.25, 0.3) is 16.9 Å². The number of sulfonamides is 1. The van der Waals surface area contributed by atoms with E-state index in [0.717, 1.165) is 22.7 Å². The monoisotopic (exact) mass is 600 g/mol. The smallest absolute Gasteiger partial charge is 0.305 e. The normalized spacial score (nSPS) is 14.9. The second-order valence-corrected chi connectivity index (χ2v) is 13.1. The van der Waals surface area contributed by atoms with Crippen LogP contribution in [0.3, 0.4) is 0 Å². The van der Waals surface area contributed by atoms with Gasteiger partial charge in [0, 0.05) is 36.8 Å². The number of hydrogen-bond donors (Lipinski definition) is 0. The minimum atomic E-state index is -3.22. The van der Waals surface area contributed by atoms with Gasteiger partial charge in [0.1, 0.15) is 28.6 Å². The fraction of sp³-hybridized carbons (Fsp3) is 0.370. The summed E-state index contributed by atoms with van der Waals surface area (Å²) in [4.78, 5) is 34.0. The molecule has 1 saturated heterocycles. The van der Waals surface area contributed by atoms with Crippen molar-refractivity contribution in [3.8, 4) is 11.3 Å². The second-order valence-electron chi connectivity index (χ2n) is 10.0. The number of pyridine rings is 1. The lowest BCUT2D eigenvalue weighted by molar-refractivity contribution is -0.401. The zero-order valence-electron chi connectivity index (χ0n) is 22.8. The number of nitro groups is 1. The highest BCUT2D eigenvalue weighted by Crippen LogP contribution is 2.38. The average molecular weight is 601 g/mol. The summed E-state index contributed by atoms with van der Waals surface area (Å²) >= 11 is 1.17. The maximum atomic E-state index is 13.6. The van der Waals surface area contributed by atoms with Crippen molar-refractivity contribution in [1.82, 2.24) is 18.7 Å². The Balaban J connectivity index is 1.53. The molecule has 0 N–H and O–H groups in total. The molecule has 1 aliphatic heterocycles. The van der Waals surface area contributed by atoms with E-state index in [-0.39, 0.29) is 5.92 Å². The summed E-state index contributed by atoms with van der Waals surface area (Å²) in [6.07, 6.45) is 4.88. The van der Waals surface area contributed by atoms with Gasteiger partial charge in [0.25, 0.3) is 0 Å². The average Bonchev–Trinajstić information content (AvgIpc) is 3.53. The number of imidazole rings is 1. The van der Waals surface area contributed by atoms with E-state index in [1.54, 1.807) is 0 Å². The number of aryl methyl sites for hydroxylation is 1. The van der Waals surface area contributed by atoms with E-state index in [1.165, 1.54) is 46.2 Å². The molecule has 1 fully saturated rings. The third-order valence-corrected chi connectivity index (χ3v) is 9.77. The molecule has 216 valence electrons. The number of fused-ring (bicyclic) bond motifs is 1. The first-order chi connectivity index (χ1) is 19.5. The molecule has 11 nitrogen and oxygen atoms in total. The Kier molecular flexibility index (Phi) is 7.90. The standard InChI is InChI=1S/C27H29FN6O5S2/c1-4-21-26(33-16-19(7-10-23(33)29-21)17-11-13-32(14-12-17)41(3,38)39)31(2)27-30-25(18-5-8-20(28)9-6-18)22(40-27)15-24(35)34(36)37/h5-10,16-17H,4,11-15H2,1-3H3. The van der Waals surface area contributed by atoms with E-state index in [2.05, 4.69) is 0 Å². The van der Waals surface area contributed by atoms with Gasteiger partial charge < -0.3 is 4.90 Å². The summed E-state index contributed by atoms with van der Waals surface area (Å²) < 4.78 is 41.0. The topological polar surface area (TPSA) is 131 Å². The van der Waals surface area contributed by atoms with Crippen LogP contribution in [0, 0.1) is 15.9 Å². The zero-order valence-corrected chi connectivity index (χ0v) is 24.4. The van der Waals surface area contributed by atoms with E-state index < -0.39 is 33.1 Å². The second kappa shape index (κ2) is 11.3. The minimum absolute atomic E-state index is 0.188. The fourth-order valence-corrected chi connectivity index (χ4v) is 7.09. The van der Waals surface area contributed by atoms with Gasteiger partial charge in [0.2, 0.25) is 10.0 Å². The number of rotatable bonds is 8. The molecular formula is C27H29FN6O5S2. The first-order valence-electron chi connectivity index (χ1n) is 13.1. The van der Waals surface area contributed by atoms with Crippen molar-refractivity contribution in [3.63, 3.8) is 0 Å². The van der Waals surface area contributed by atoms with E-state index in [4.69, 9.17) is 9.97 Å². The number of carbonyl (C=O) groups is 1. The number of halogens is 1. The first kappa shape index (κ1) is 28.8. The Bertz CT molecular complexity index is 1730. The van der Waals surface area contributed by atoms with E-state index in [0.29, 0.717) is 53.6 Å². The number of benzene rings is 1. The molecule has 1 amide bonds. The molecule has 4 aromatic rings. The van der Waals surface area contributed by atoms with Gasteiger partial charge in [-0.05, 0) is 61.1 Å². The summed E-state index contributed by atoms with van der Waals surface area (Å²) in [6.45, 7) is 2.93. The molecule has 5 rings (SSSR count). The zero-order chi connectivity index (χ0) is 29.5. The molecule has 1 aliphatic rings. The molecule has 1 aromatic carbocycles. The van der Waals surface area contributed by atoms with Crippen molar-refractivity contribution in [1.29, 1.82) is 0 Å². The molecule has 41 heavy (non-hydrogen) atoms. The van der Waals surface area contributed by atoms with Gasteiger partial charge in [-0.1, -0.05) is 13.0 Å². The van der Waals surface area contributed by atoms with Crippen LogP contribution in [0.1, 0.15) is 41.8 Å². The maximum Gasteiger partial charge on any atom is 0.449 e. The highest BCUT2D eigenvalue weighted by atomic mass is 32.2. The number of amides is 1. The van der Waals surface area contributed by atoms with Crippen LogP contribution in [0.4, 0.5) is 15.3 Å². The summed E-state index contributed by atoms with van der Waals surface area (Å²) in [5.41, 5.74) is 3.56. The number of aromatic nitrogens is 3. The van der Waals surface area contributed by atoms with Crippen LogP contribution < -0.4 is 4.90 Å². The maximum absolute atomic E-state index is 13.6. The first-order valence-corrected chi connectivity index (χ1v) is 15.7. The number of thiazole rings is 1. The lowest BCUT2D eigenvalue weighted by atomic mass is 9.91. The molecule has 0 saturated carbocycles. The lowest BCUT2D eigenvalue weighted by Gasteiger charge is -2.30.